The zero-order valence-electron chi connectivity index (χ0n) is 17.3. The summed E-state index contributed by atoms with van der Waals surface area (Å²) in [6.07, 6.45) is 0. The highest BCUT2D eigenvalue weighted by Crippen LogP contribution is 2.33. The van der Waals surface area contributed by atoms with Gasteiger partial charge in [-0.1, -0.05) is 24.3 Å². The molecule has 0 aliphatic carbocycles. The van der Waals surface area contributed by atoms with Crippen molar-refractivity contribution in [3.63, 3.8) is 0 Å². The van der Waals surface area contributed by atoms with Crippen molar-refractivity contribution in [1.82, 2.24) is 0 Å². The minimum atomic E-state index is -0.272. The Labute approximate surface area is 180 Å². The predicted molar refractivity (Wildman–Crippen MR) is 117 cm³/mol. The summed E-state index contributed by atoms with van der Waals surface area (Å²) < 4.78 is 16.0. The van der Waals surface area contributed by atoms with Crippen LogP contribution in [0.2, 0.25) is 0 Å². The van der Waals surface area contributed by atoms with E-state index in [1.165, 1.54) is 7.11 Å². The summed E-state index contributed by atoms with van der Waals surface area (Å²) in [4.78, 5) is 26.8. The number of methoxy groups -OCH3 is 2. The molecule has 3 aromatic rings. The molecule has 7 heteroatoms. The third-order valence-electron chi connectivity index (χ3n) is 5.02. The molecule has 0 unspecified atom stereocenters. The lowest BCUT2D eigenvalue weighted by atomic mass is 10.1. The molecule has 7 nitrogen and oxygen atoms in total. The quantitative estimate of drug-likeness (QED) is 0.657. The van der Waals surface area contributed by atoms with Crippen LogP contribution in [0.25, 0.3) is 0 Å². The number of hydrogen-bond acceptors (Lipinski definition) is 5. The van der Waals surface area contributed by atoms with Crippen molar-refractivity contribution in [1.29, 1.82) is 0 Å². The van der Waals surface area contributed by atoms with Gasteiger partial charge in [0.2, 0.25) is 0 Å². The molecule has 0 aromatic heterocycles. The van der Waals surface area contributed by atoms with Gasteiger partial charge in [0, 0.05) is 11.6 Å². The maximum absolute atomic E-state index is 12.7. The van der Waals surface area contributed by atoms with Crippen molar-refractivity contribution < 1.29 is 23.8 Å². The maximum atomic E-state index is 12.7. The van der Waals surface area contributed by atoms with Crippen LogP contribution in [0.3, 0.4) is 0 Å². The molecule has 1 heterocycles. The Morgan fingerprint density at radius 3 is 2.55 bits per heavy atom. The fraction of sp³-hybridized carbons (Fsp3) is 0.167. The van der Waals surface area contributed by atoms with E-state index in [2.05, 4.69) is 5.32 Å². The Balaban J connectivity index is 1.49. The Hall–Kier alpha value is -4.00. The van der Waals surface area contributed by atoms with Crippen molar-refractivity contribution in [3.05, 3.63) is 77.9 Å². The van der Waals surface area contributed by atoms with E-state index in [0.29, 0.717) is 35.0 Å². The molecule has 1 aliphatic rings. The fourth-order valence-corrected chi connectivity index (χ4v) is 3.38. The number of benzene rings is 3. The summed E-state index contributed by atoms with van der Waals surface area (Å²) in [5.41, 5.74) is 2.65. The molecule has 2 amide bonds. The molecule has 0 saturated carbocycles. The zero-order valence-corrected chi connectivity index (χ0v) is 17.3. The number of carbonyl (C=O) groups is 2. The molecule has 0 radical (unpaired) electrons. The van der Waals surface area contributed by atoms with Crippen LogP contribution in [0.15, 0.2) is 66.7 Å². The topological polar surface area (TPSA) is 77.1 Å². The van der Waals surface area contributed by atoms with E-state index >= 15 is 0 Å². The Kier molecular flexibility index (Phi) is 5.75. The molecular weight excluding hydrogens is 396 g/mol. The van der Waals surface area contributed by atoms with E-state index in [4.69, 9.17) is 14.2 Å². The Morgan fingerprint density at radius 2 is 1.81 bits per heavy atom. The minimum Gasteiger partial charge on any atom is -0.497 e. The van der Waals surface area contributed by atoms with E-state index < -0.39 is 0 Å². The lowest BCUT2D eigenvalue weighted by Crippen LogP contribution is -2.38. The number of ether oxygens (including phenoxy) is 3. The first-order chi connectivity index (χ1) is 15.1. The number of anilines is 2. The van der Waals surface area contributed by atoms with E-state index in [-0.39, 0.29) is 18.4 Å². The molecule has 4 rings (SSSR count). The molecule has 0 fully saturated rings. The Bertz CT molecular complexity index is 1110. The van der Waals surface area contributed by atoms with E-state index in [0.717, 1.165) is 11.3 Å². The third-order valence-corrected chi connectivity index (χ3v) is 5.02. The highest BCUT2D eigenvalue weighted by atomic mass is 16.5. The van der Waals surface area contributed by atoms with Gasteiger partial charge in [-0.3, -0.25) is 9.59 Å². The van der Waals surface area contributed by atoms with Gasteiger partial charge in [0.1, 0.15) is 17.2 Å². The molecule has 31 heavy (non-hydrogen) atoms. The summed E-state index contributed by atoms with van der Waals surface area (Å²) in [5.74, 6) is 1.46. The summed E-state index contributed by atoms with van der Waals surface area (Å²) in [5, 5.41) is 2.85. The van der Waals surface area contributed by atoms with Crippen LogP contribution in [0, 0.1) is 0 Å². The maximum Gasteiger partial charge on any atom is 0.265 e. The van der Waals surface area contributed by atoms with Crippen molar-refractivity contribution in [2.45, 2.75) is 6.54 Å². The lowest BCUT2D eigenvalue weighted by Gasteiger charge is -2.29. The highest BCUT2D eigenvalue weighted by Gasteiger charge is 2.25. The molecule has 1 N–H and O–H groups in total. The van der Waals surface area contributed by atoms with Gasteiger partial charge < -0.3 is 24.4 Å². The van der Waals surface area contributed by atoms with Crippen LogP contribution in [0.4, 0.5) is 11.4 Å². The molecule has 0 atom stereocenters. The first kappa shape index (κ1) is 20.3. The first-order valence-electron chi connectivity index (χ1n) is 9.73. The molecule has 158 valence electrons. The second-order valence-corrected chi connectivity index (χ2v) is 6.95. The van der Waals surface area contributed by atoms with Crippen molar-refractivity contribution >= 4 is 23.2 Å². The largest absolute Gasteiger partial charge is 0.497 e. The predicted octanol–water partition coefficient (Wildman–Crippen LogP) is 3.88. The van der Waals surface area contributed by atoms with Gasteiger partial charge in [0.15, 0.2) is 6.61 Å². The Morgan fingerprint density at radius 1 is 1.03 bits per heavy atom. The number of para-hydroxylation sites is 2. The third kappa shape index (κ3) is 4.30. The number of amides is 2. The minimum absolute atomic E-state index is 0.0138. The second kappa shape index (κ2) is 8.79. The van der Waals surface area contributed by atoms with Crippen LogP contribution in [0.1, 0.15) is 15.9 Å². The number of nitrogens with one attached hydrogen (secondary N) is 1. The van der Waals surface area contributed by atoms with Gasteiger partial charge in [0.05, 0.1) is 32.1 Å². The van der Waals surface area contributed by atoms with Crippen LogP contribution in [-0.2, 0) is 11.3 Å². The zero-order chi connectivity index (χ0) is 21.8. The van der Waals surface area contributed by atoms with Crippen molar-refractivity contribution in [2.75, 3.05) is 31.0 Å². The molecule has 1 aliphatic heterocycles. The normalized spacial score (nSPS) is 12.6. The van der Waals surface area contributed by atoms with Gasteiger partial charge in [-0.2, -0.15) is 0 Å². The number of hydrogen-bond donors (Lipinski definition) is 1. The molecule has 3 aromatic carbocycles. The van der Waals surface area contributed by atoms with Gasteiger partial charge in [0.25, 0.3) is 11.8 Å². The SMILES string of the molecule is COc1ccc(OC)c(NC(=O)c2ccc(CN3C(=O)COc4ccccc43)cc2)c1. The molecule has 0 saturated heterocycles. The van der Waals surface area contributed by atoms with Crippen molar-refractivity contribution in [2.24, 2.45) is 0 Å². The van der Waals surface area contributed by atoms with Gasteiger partial charge >= 0.3 is 0 Å². The standard InChI is InChI=1S/C24H22N2O5/c1-29-18-11-12-21(30-2)19(13-18)25-24(28)17-9-7-16(8-10-17)14-26-20-5-3-4-6-22(20)31-15-23(26)27/h3-13H,14-15H2,1-2H3,(H,25,28). The molecule has 0 spiro atoms. The number of nitrogens with zero attached hydrogens (tertiary/aromatic N) is 1. The van der Waals surface area contributed by atoms with Crippen LogP contribution >= 0.6 is 0 Å². The van der Waals surface area contributed by atoms with E-state index in [9.17, 15) is 9.59 Å². The lowest BCUT2D eigenvalue weighted by molar-refractivity contribution is -0.121. The summed E-state index contributed by atoms with van der Waals surface area (Å²) >= 11 is 0. The summed E-state index contributed by atoms with van der Waals surface area (Å²) in [6.45, 7) is 0.407. The monoisotopic (exact) mass is 418 g/mol. The van der Waals surface area contributed by atoms with E-state index in [1.807, 2.05) is 36.4 Å². The number of fused-ring (bicyclic) bond motifs is 1. The fourth-order valence-electron chi connectivity index (χ4n) is 3.38. The van der Waals surface area contributed by atoms with Crippen LogP contribution in [0.5, 0.6) is 17.2 Å². The molecule has 0 bridgehead atoms. The van der Waals surface area contributed by atoms with Gasteiger partial charge in [-0.25, -0.2) is 0 Å². The smallest absolute Gasteiger partial charge is 0.265 e. The highest BCUT2D eigenvalue weighted by molar-refractivity contribution is 6.05. The molecular formula is C24H22N2O5. The number of rotatable bonds is 6. The van der Waals surface area contributed by atoms with Crippen molar-refractivity contribution in [3.8, 4) is 17.2 Å². The van der Waals surface area contributed by atoms with Gasteiger partial charge in [-0.05, 0) is 42.0 Å². The van der Waals surface area contributed by atoms with Crippen LogP contribution in [-0.4, -0.2) is 32.6 Å². The average Bonchev–Trinajstić information content (AvgIpc) is 2.81. The van der Waals surface area contributed by atoms with E-state index in [1.54, 1.807) is 42.3 Å². The summed E-state index contributed by atoms with van der Waals surface area (Å²) in [7, 11) is 3.10. The number of carbonyl (C=O) groups excluding carboxylic acids is 2. The summed E-state index contributed by atoms with van der Waals surface area (Å²) in [6, 6.07) is 19.8. The van der Waals surface area contributed by atoms with Crippen LogP contribution < -0.4 is 24.4 Å². The first-order valence-corrected chi connectivity index (χ1v) is 9.73. The van der Waals surface area contributed by atoms with Gasteiger partial charge in [-0.15, -0.1) is 0 Å². The second-order valence-electron chi connectivity index (χ2n) is 6.95. The average molecular weight is 418 g/mol.